The monoisotopic (exact) mass is 191 g/mol. The van der Waals surface area contributed by atoms with Crippen LogP contribution in [0, 0.1) is 0 Å². The third-order valence-electron chi connectivity index (χ3n) is 2.51. The van der Waals surface area contributed by atoms with Crippen molar-refractivity contribution < 1.29 is 0 Å². The number of benzene rings is 1. The number of fused-ring (bicyclic) bond motifs is 1. The Balaban J connectivity index is 2.44. The summed E-state index contributed by atoms with van der Waals surface area (Å²) in [6, 6.07) is 8.35. The Morgan fingerprint density at radius 3 is 2.77 bits per heavy atom. The van der Waals surface area contributed by atoms with Gasteiger partial charge in [0.15, 0.2) is 0 Å². The van der Waals surface area contributed by atoms with E-state index in [1.165, 1.54) is 11.3 Å². The first-order chi connectivity index (χ1) is 6.09. The van der Waals surface area contributed by atoms with Gasteiger partial charge in [-0.25, -0.2) is 0 Å². The van der Waals surface area contributed by atoms with Crippen molar-refractivity contribution >= 4 is 22.8 Å². The van der Waals surface area contributed by atoms with Gasteiger partial charge in [-0.05, 0) is 25.5 Å². The fourth-order valence-corrected chi connectivity index (χ4v) is 1.80. The molecular formula is C11H13NS. The lowest BCUT2D eigenvalue weighted by atomic mass is 9.89. The van der Waals surface area contributed by atoms with Crippen LogP contribution in [0.2, 0.25) is 0 Å². The summed E-state index contributed by atoms with van der Waals surface area (Å²) in [4.78, 5) is 1.09. The average Bonchev–Trinajstić information content (AvgIpc) is 2.06. The zero-order valence-corrected chi connectivity index (χ0v) is 8.74. The molecule has 13 heavy (non-hydrogen) atoms. The van der Waals surface area contributed by atoms with E-state index in [9.17, 15) is 0 Å². The number of anilines is 1. The maximum atomic E-state index is 5.36. The van der Waals surface area contributed by atoms with E-state index in [0.717, 1.165) is 11.3 Å². The molecule has 0 aliphatic carbocycles. The van der Waals surface area contributed by atoms with Crippen LogP contribution in [0.4, 0.5) is 5.69 Å². The summed E-state index contributed by atoms with van der Waals surface area (Å²) in [5.74, 6) is 0. The number of para-hydroxylation sites is 1. The quantitative estimate of drug-likeness (QED) is 0.633. The Hall–Kier alpha value is -0.890. The van der Waals surface area contributed by atoms with Crippen molar-refractivity contribution in [3.63, 3.8) is 0 Å². The molecule has 2 heteroatoms. The molecule has 1 heterocycles. The van der Waals surface area contributed by atoms with Gasteiger partial charge in [0.25, 0.3) is 0 Å². The fraction of sp³-hybridized carbons (Fsp3) is 0.364. The molecule has 0 saturated carbocycles. The normalized spacial score (nSPS) is 19.1. The molecule has 0 radical (unpaired) electrons. The van der Waals surface area contributed by atoms with E-state index in [-0.39, 0.29) is 5.54 Å². The van der Waals surface area contributed by atoms with Crippen LogP contribution < -0.4 is 5.32 Å². The maximum Gasteiger partial charge on any atom is 0.0635 e. The molecule has 0 bridgehead atoms. The molecule has 0 unspecified atom stereocenters. The molecule has 1 N–H and O–H groups in total. The highest BCUT2D eigenvalue weighted by atomic mass is 32.1. The van der Waals surface area contributed by atoms with E-state index in [4.69, 9.17) is 12.2 Å². The van der Waals surface area contributed by atoms with Crippen LogP contribution in [0.25, 0.3) is 0 Å². The molecule has 0 aromatic heterocycles. The number of thiocarbonyl (C=S) groups is 1. The molecule has 1 aliphatic rings. The predicted octanol–water partition coefficient (Wildman–Crippen LogP) is 2.80. The first-order valence-electron chi connectivity index (χ1n) is 4.49. The molecule has 1 aliphatic heterocycles. The Bertz CT molecular complexity index is 355. The van der Waals surface area contributed by atoms with E-state index in [0.29, 0.717) is 0 Å². The molecule has 0 spiro atoms. The van der Waals surface area contributed by atoms with Crippen LogP contribution in [0.15, 0.2) is 24.3 Å². The summed E-state index contributed by atoms with van der Waals surface area (Å²) < 4.78 is 0. The van der Waals surface area contributed by atoms with E-state index < -0.39 is 0 Å². The molecule has 68 valence electrons. The summed E-state index contributed by atoms with van der Waals surface area (Å²) in [6.45, 7) is 4.26. The largest absolute Gasteiger partial charge is 0.375 e. The van der Waals surface area contributed by atoms with E-state index in [1.807, 2.05) is 0 Å². The minimum atomic E-state index is -0.0380. The molecule has 0 atom stereocenters. The highest BCUT2D eigenvalue weighted by Gasteiger charge is 2.28. The van der Waals surface area contributed by atoms with Crippen LogP contribution in [0.3, 0.4) is 0 Å². The minimum Gasteiger partial charge on any atom is -0.375 e. The van der Waals surface area contributed by atoms with Crippen LogP contribution in [0.1, 0.15) is 19.4 Å². The topological polar surface area (TPSA) is 12.0 Å². The molecule has 0 fully saturated rings. The van der Waals surface area contributed by atoms with Crippen LogP contribution in [0.5, 0.6) is 0 Å². The summed E-state index contributed by atoms with van der Waals surface area (Å²) >= 11 is 5.36. The van der Waals surface area contributed by atoms with Gasteiger partial charge in [-0.1, -0.05) is 30.4 Å². The van der Waals surface area contributed by atoms with Gasteiger partial charge in [0, 0.05) is 17.0 Å². The smallest absolute Gasteiger partial charge is 0.0635 e. The number of rotatable bonds is 0. The molecule has 1 aromatic rings. The van der Waals surface area contributed by atoms with Crippen LogP contribution in [-0.2, 0) is 6.42 Å². The van der Waals surface area contributed by atoms with Crippen molar-refractivity contribution in [3.8, 4) is 0 Å². The van der Waals surface area contributed by atoms with Gasteiger partial charge in [0.2, 0.25) is 0 Å². The first kappa shape index (κ1) is 8.70. The van der Waals surface area contributed by atoms with Gasteiger partial charge in [-0.2, -0.15) is 0 Å². The zero-order valence-electron chi connectivity index (χ0n) is 7.92. The molecule has 0 saturated heterocycles. The van der Waals surface area contributed by atoms with Gasteiger partial charge in [0.05, 0.1) is 5.54 Å². The van der Waals surface area contributed by atoms with Crippen LogP contribution in [-0.4, -0.2) is 10.4 Å². The highest BCUT2D eigenvalue weighted by molar-refractivity contribution is 7.80. The molecule has 1 aromatic carbocycles. The van der Waals surface area contributed by atoms with Crippen molar-refractivity contribution in [3.05, 3.63) is 29.8 Å². The summed E-state index contributed by atoms with van der Waals surface area (Å²) in [6.07, 6.45) is 0.922. The van der Waals surface area contributed by atoms with Gasteiger partial charge >= 0.3 is 0 Å². The van der Waals surface area contributed by atoms with Crippen molar-refractivity contribution in [2.75, 3.05) is 5.32 Å². The molecule has 0 amide bonds. The zero-order chi connectivity index (χ0) is 9.47. The van der Waals surface area contributed by atoms with Crippen molar-refractivity contribution in [1.82, 2.24) is 0 Å². The lowest BCUT2D eigenvalue weighted by molar-refractivity contribution is 0.744. The standard InChI is InChI=1S/C11H13NS/c1-11(2)10(13)7-8-5-3-4-6-9(8)12-11/h3-6,12H,7H2,1-2H3. The third-order valence-corrected chi connectivity index (χ3v) is 3.17. The average molecular weight is 191 g/mol. The summed E-state index contributed by atoms with van der Waals surface area (Å²) in [7, 11) is 0. The Morgan fingerprint density at radius 2 is 2.00 bits per heavy atom. The molecule has 1 nitrogen and oxygen atoms in total. The van der Waals surface area contributed by atoms with E-state index >= 15 is 0 Å². The predicted molar refractivity (Wildman–Crippen MR) is 60.4 cm³/mol. The minimum absolute atomic E-state index is 0.0380. The van der Waals surface area contributed by atoms with Gasteiger partial charge in [0.1, 0.15) is 0 Å². The first-order valence-corrected chi connectivity index (χ1v) is 4.90. The van der Waals surface area contributed by atoms with Gasteiger partial charge < -0.3 is 5.32 Å². The third kappa shape index (κ3) is 1.46. The van der Waals surface area contributed by atoms with Crippen molar-refractivity contribution in [1.29, 1.82) is 0 Å². The van der Waals surface area contributed by atoms with Gasteiger partial charge in [-0.15, -0.1) is 0 Å². The summed E-state index contributed by atoms with van der Waals surface area (Å²) in [5.41, 5.74) is 2.50. The fourth-order valence-electron chi connectivity index (χ4n) is 1.60. The van der Waals surface area contributed by atoms with Crippen molar-refractivity contribution in [2.24, 2.45) is 0 Å². The maximum absolute atomic E-state index is 5.36. The van der Waals surface area contributed by atoms with E-state index in [1.54, 1.807) is 0 Å². The van der Waals surface area contributed by atoms with Gasteiger partial charge in [-0.3, -0.25) is 0 Å². The molecular weight excluding hydrogens is 178 g/mol. The Labute approximate surface area is 84.2 Å². The van der Waals surface area contributed by atoms with E-state index in [2.05, 4.69) is 43.4 Å². The second kappa shape index (κ2) is 2.81. The second-order valence-electron chi connectivity index (χ2n) is 4.01. The molecule has 2 rings (SSSR count). The lowest BCUT2D eigenvalue weighted by Gasteiger charge is -2.34. The number of nitrogens with one attached hydrogen (secondary N) is 1. The SMILES string of the molecule is CC1(C)Nc2ccccc2CC1=S. The number of hydrogen-bond acceptors (Lipinski definition) is 2. The second-order valence-corrected chi connectivity index (χ2v) is 4.50. The number of hydrogen-bond donors (Lipinski definition) is 1. The Morgan fingerprint density at radius 1 is 1.31 bits per heavy atom. The lowest BCUT2D eigenvalue weighted by Crippen LogP contribution is -2.43. The summed E-state index contributed by atoms with van der Waals surface area (Å²) in [5, 5.41) is 3.44. The Kier molecular flexibility index (Phi) is 1.88. The van der Waals surface area contributed by atoms with Crippen molar-refractivity contribution in [2.45, 2.75) is 25.8 Å². The van der Waals surface area contributed by atoms with Crippen LogP contribution >= 0.6 is 12.2 Å². The highest BCUT2D eigenvalue weighted by Crippen LogP contribution is 2.28.